The van der Waals surface area contributed by atoms with Gasteiger partial charge in [-0.25, -0.2) is 14.3 Å². The van der Waals surface area contributed by atoms with Gasteiger partial charge in [-0.15, -0.1) is 0 Å². The number of benzene rings is 1. The first-order chi connectivity index (χ1) is 9.99. The van der Waals surface area contributed by atoms with Crippen molar-refractivity contribution in [2.45, 2.75) is 13.8 Å². The summed E-state index contributed by atoms with van der Waals surface area (Å²) in [6.07, 6.45) is 1.36. The number of carboxylic acids is 1. The van der Waals surface area contributed by atoms with Gasteiger partial charge in [0.1, 0.15) is 0 Å². The number of nitrogens with zero attached hydrogens (tertiary/aromatic N) is 3. The van der Waals surface area contributed by atoms with Gasteiger partial charge in [-0.2, -0.15) is 5.10 Å². The Morgan fingerprint density at radius 2 is 2.10 bits per heavy atom. The van der Waals surface area contributed by atoms with Crippen LogP contribution < -0.4 is 0 Å². The summed E-state index contributed by atoms with van der Waals surface area (Å²) in [7, 11) is 0. The second kappa shape index (κ2) is 4.86. The number of hydrogen-bond acceptors (Lipinski definition) is 3. The molecule has 2 heterocycles. The highest BCUT2D eigenvalue weighted by molar-refractivity contribution is 6.30. The van der Waals surface area contributed by atoms with Crippen LogP contribution in [0.5, 0.6) is 0 Å². The zero-order chi connectivity index (χ0) is 15.1. The second-order valence-corrected chi connectivity index (χ2v) is 5.21. The van der Waals surface area contributed by atoms with Gasteiger partial charge in [-0.1, -0.05) is 23.7 Å². The van der Waals surface area contributed by atoms with E-state index in [-0.39, 0.29) is 5.56 Å². The van der Waals surface area contributed by atoms with Crippen molar-refractivity contribution >= 4 is 23.2 Å². The van der Waals surface area contributed by atoms with Gasteiger partial charge in [0.05, 0.1) is 17.0 Å². The Morgan fingerprint density at radius 1 is 1.33 bits per heavy atom. The van der Waals surface area contributed by atoms with E-state index in [0.717, 1.165) is 16.8 Å². The molecule has 1 aromatic carbocycles. The molecule has 0 atom stereocenters. The number of fused-ring (bicyclic) bond motifs is 1. The maximum absolute atomic E-state index is 11.2. The van der Waals surface area contributed by atoms with Crippen LogP contribution in [-0.4, -0.2) is 25.7 Å². The number of hydrogen-bond donors (Lipinski definition) is 1. The van der Waals surface area contributed by atoms with Gasteiger partial charge in [0.25, 0.3) is 0 Å². The van der Waals surface area contributed by atoms with Crippen LogP contribution in [0.4, 0.5) is 0 Å². The minimum Gasteiger partial charge on any atom is -0.478 e. The topological polar surface area (TPSA) is 67.5 Å². The molecule has 3 aromatic rings. The number of halogens is 1. The van der Waals surface area contributed by atoms with Crippen molar-refractivity contribution in [1.82, 2.24) is 14.6 Å². The number of aryl methyl sites for hydroxylation is 2. The van der Waals surface area contributed by atoms with Crippen molar-refractivity contribution in [3.63, 3.8) is 0 Å². The zero-order valence-electron chi connectivity index (χ0n) is 11.5. The largest absolute Gasteiger partial charge is 0.478 e. The molecule has 3 rings (SSSR count). The fourth-order valence-electron chi connectivity index (χ4n) is 2.39. The fraction of sp³-hybridized carbons (Fsp3) is 0.133. The third-order valence-corrected chi connectivity index (χ3v) is 3.64. The van der Waals surface area contributed by atoms with Crippen molar-refractivity contribution in [2.24, 2.45) is 0 Å². The molecule has 0 aliphatic rings. The number of aromatic nitrogens is 3. The zero-order valence-corrected chi connectivity index (χ0v) is 12.2. The first-order valence-electron chi connectivity index (χ1n) is 6.33. The molecule has 0 saturated carbocycles. The summed E-state index contributed by atoms with van der Waals surface area (Å²) < 4.78 is 1.56. The van der Waals surface area contributed by atoms with E-state index < -0.39 is 5.97 Å². The highest BCUT2D eigenvalue weighted by Gasteiger charge is 2.18. The predicted molar refractivity (Wildman–Crippen MR) is 79.9 cm³/mol. The Kier molecular flexibility index (Phi) is 3.14. The lowest BCUT2D eigenvalue weighted by molar-refractivity contribution is 0.0695. The summed E-state index contributed by atoms with van der Waals surface area (Å²) in [5.74, 6) is -1.01. The number of aromatic carboxylic acids is 1. The summed E-state index contributed by atoms with van der Waals surface area (Å²) in [5, 5.41) is 14.2. The highest BCUT2D eigenvalue weighted by Crippen LogP contribution is 2.29. The standard InChI is InChI=1S/C15H12ClN3O2/c1-8-13(10-4-3-5-11(16)6-10)14-17-7-12(15(20)21)9(2)19(14)18-8/h3-7H,1-2H3,(H,20,21). The number of rotatable bonds is 2. The van der Waals surface area contributed by atoms with E-state index in [1.165, 1.54) is 6.20 Å². The van der Waals surface area contributed by atoms with Gasteiger partial charge in [0.15, 0.2) is 5.65 Å². The summed E-state index contributed by atoms with van der Waals surface area (Å²) in [5.41, 5.74) is 3.85. The molecule has 0 spiro atoms. The van der Waals surface area contributed by atoms with Crippen LogP contribution in [0.15, 0.2) is 30.5 Å². The normalized spacial score (nSPS) is 11.0. The van der Waals surface area contributed by atoms with Crippen LogP contribution in [0.25, 0.3) is 16.8 Å². The molecule has 2 aromatic heterocycles. The number of carboxylic acid groups (broad SMARTS) is 1. The summed E-state index contributed by atoms with van der Waals surface area (Å²) in [6, 6.07) is 7.43. The van der Waals surface area contributed by atoms with E-state index in [1.54, 1.807) is 17.5 Å². The molecule has 0 unspecified atom stereocenters. The van der Waals surface area contributed by atoms with Crippen molar-refractivity contribution in [2.75, 3.05) is 0 Å². The quantitative estimate of drug-likeness (QED) is 0.788. The third-order valence-electron chi connectivity index (χ3n) is 3.40. The average Bonchev–Trinajstić information content (AvgIpc) is 2.76. The molecule has 0 fully saturated rings. The van der Waals surface area contributed by atoms with Crippen LogP contribution in [-0.2, 0) is 0 Å². The van der Waals surface area contributed by atoms with E-state index in [9.17, 15) is 4.79 Å². The molecule has 6 heteroatoms. The molecular weight excluding hydrogens is 290 g/mol. The van der Waals surface area contributed by atoms with Crippen molar-refractivity contribution in [3.8, 4) is 11.1 Å². The summed E-state index contributed by atoms with van der Waals surface area (Å²) >= 11 is 6.04. The van der Waals surface area contributed by atoms with E-state index in [2.05, 4.69) is 10.1 Å². The maximum atomic E-state index is 11.2. The Labute approximate surface area is 125 Å². The van der Waals surface area contributed by atoms with Crippen molar-refractivity contribution in [1.29, 1.82) is 0 Å². The van der Waals surface area contributed by atoms with Gasteiger partial charge in [0, 0.05) is 16.8 Å². The van der Waals surface area contributed by atoms with Crippen LogP contribution in [0.2, 0.25) is 5.02 Å². The smallest absolute Gasteiger partial charge is 0.339 e. The van der Waals surface area contributed by atoms with Gasteiger partial charge >= 0.3 is 5.97 Å². The molecule has 5 nitrogen and oxygen atoms in total. The molecule has 0 amide bonds. The molecular formula is C15H12ClN3O2. The SMILES string of the molecule is Cc1nn2c(C)c(C(=O)O)cnc2c1-c1cccc(Cl)c1. The number of carbonyl (C=O) groups is 1. The first-order valence-corrected chi connectivity index (χ1v) is 6.71. The highest BCUT2D eigenvalue weighted by atomic mass is 35.5. The molecule has 0 aliphatic carbocycles. The van der Waals surface area contributed by atoms with Crippen LogP contribution >= 0.6 is 11.6 Å². The van der Waals surface area contributed by atoms with E-state index in [1.807, 2.05) is 25.1 Å². The van der Waals surface area contributed by atoms with E-state index >= 15 is 0 Å². The van der Waals surface area contributed by atoms with Gasteiger partial charge in [-0.05, 0) is 31.5 Å². The van der Waals surface area contributed by atoms with Crippen LogP contribution in [0.1, 0.15) is 21.7 Å². The lowest BCUT2D eigenvalue weighted by atomic mass is 10.1. The van der Waals surface area contributed by atoms with E-state index in [0.29, 0.717) is 16.4 Å². The van der Waals surface area contributed by atoms with Crippen molar-refractivity contribution < 1.29 is 9.90 Å². The minimum atomic E-state index is -1.01. The Morgan fingerprint density at radius 3 is 2.76 bits per heavy atom. The van der Waals surface area contributed by atoms with Crippen molar-refractivity contribution in [3.05, 3.63) is 52.4 Å². The Bertz CT molecular complexity index is 871. The molecule has 0 saturated heterocycles. The summed E-state index contributed by atoms with van der Waals surface area (Å²) in [4.78, 5) is 15.4. The molecule has 106 valence electrons. The minimum absolute atomic E-state index is 0.141. The molecule has 1 N–H and O–H groups in total. The Balaban J connectivity index is 2.33. The molecule has 21 heavy (non-hydrogen) atoms. The fourth-order valence-corrected chi connectivity index (χ4v) is 2.58. The average molecular weight is 302 g/mol. The van der Waals surface area contributed by atoms with E-state index in [4.69, 9.17) is 16.7 Å². The lowest BCUT2D eigenvalue weighted by Crippen LogP contribution is -2.07. The molecule has 0 aliphatic heterocycles. The summed E-state index contributed by atoms with van der Waals surface area (Å²) in [6.45, 7) is 3.58. The van der Waals surface area contributed by atoms with Gasteiger partial charge in [0.2, 0.25) is 0 Å². The van der Waals surface area contributed by atoms with Crippen LogP contribution in [0, 0.1) is 13.8 Å². The second-order valence-electron chi connectivity index (χ2n) is 4.77. The predicted octanol–water partition coefficient (Wildman–Crippen LogP) is 3.36. The van der Waals surface area contributed by atoms with Gasteiger partial charge < -0.3 is 5.11 Å². The van der Waals surface area contributed by atoms with Gasteiger partial charge in [-0.3, -0.25) is 0 Å². The first kappa shape index (κ1) is 13.6. The molecule has 0 radical (unpaired) electrons. The Hall–Kier alpha value is -2.40. The lowest BCUT2D eigenvalue weighted by Gasteiger charge is -2.04. The van der Waals surface area contributed by atoms with Crippen LogP contribution in [0.3, 0.4) is 0 Å². The maximum Gasteiger partial charge on any atom is 0.339 e. The monoisotopic (exact) mass is 301 g/mol. The third kappa shape index (κ3) is 2.15. The molecule has 0 bridgehead atoms.